The van der Waals surface area contributed by atoms with Crippen LogP contribution in [0.5, 0.6) is 0 Å². The summed E-state index contributed by atoms with van der Waals surface area (Å²) < 4.78 is 0. The van der Waals surface area contributed by atoms with E-state index in [-0.39, 0.29) is 11.3 Å². The van der Waals surface area contributed by atoms with Crippen molar-refractivity contribution in [2.24, 2.45) is 5.41 Å². The number of carbonyl (C=O) groups is 1. The quantitative estimate of drug-likeness (QED) is 0.553. The van der Waals surface area contributed by atoms with Crippen LogP contribution in [0.2, 0.25) is 0 Å². The molecule has 150 valence electrons. The number of nitrogens with zero attached hydrogens (tertiary/aromatic N) is 3. The molecular formula is C22H31N5O. The molecule has 6 heteroatoms. The highest BCUT2D eigenvalue weighted by Gasteiger charge is 2.21. The molecule has 3 aromatic heterocycles. The van der Waals surface area contributed by atoms with Crippen molar-refractivity contribution in [3.05, 3.63) is 30.4 Å². The topological polar surface area (TPSA) is 83.6 Å². The van der Waals surface area contributed by atoms with Gasteiger partial charge < -0.3 is 10.3 Å². The van der Waals surface area contributed by atoms with E-state index in [9.17, 15) is 4.79 Å². The summed E-state index contributed by atoms with van der Waals surface area (Å²) in [4.78, 5) is 29.0. The van der Waals surface area contributed by atoms with E-state index in [0.717, 1.165) is 66.4 Å². The third-order valence-corrected chi connectivity index (χ3v) is 5.23. The molecule has 1 unspecified atom stereocenters. The van der Waals surface area contributed by atoms with Crippen molar-refractivity contribution in [1.29, 1.82) is 0 Å². The lowest BCUT2D eigenvalue weighted by Gasteiger charge is -2.18. The number of amides is 1. The number of hydrogen-bond donors (Lipinski definition) is 2. The zero-order valence-electron chi connectivity index (χ0n) is 17.4. The van der Waals surface area contributed by atoms with Gasteiger partial charge in [-0.3, -0.25) is 4.79 Å². The highest BCUT2D eigenvalue weighted by Crippen LogP contribution is 2.31. The van der Waals surface area contributed by atoms with Gasteiger partial charge in [0.1, 0.15) is 17.4 Å². The molecule has 0 aliphatic heterocycles. The van der Waals surface area contributed by atoms with Gasteiger partial charge in [-0.2, -0.15) is 0 Å². The van der Waals surface area contributed by atoms with E-state index in [1.54, 1.807) is 6.33 Å². The molecule has 3 rings (SSSR count). The number of H-pyrrole nitrogens is 1. The van der Waals surface area contributed by atoms with E-state index in [1.165, 1.54) is 0 Å². The summed E-state index contributed by atoms with van der Waals surface area (Å²) >= 11 is 0. The van der Waals surface area contributed by atoms with Crippen LogP contribution in [0.3, 0.4) is 0 Å². The Bertz CT molecular complexity index is 941. The minimum absolute atomic E-state index is 0.119. The maximum atomic E-state index is 11.9. The molecule has 2 N–H and O–H groups in total. The molecule has 0 spiro atoms. The third-order valence-electron chi connectivity index (χ3n) is 5.23. The molecule has 6 nitrogen and oxygen atoms in total. The lowest BCUT2D eigenvalue weighted by Crippen LogP contribution is -2.35. The minimum Gasteiger partial charge on any atom is -0.358 e. The Hall–Kier alpha value is -2.50. The summed E-state index contributed by atoms with van der Waals surface area (Å²) in [5, 5.41) is 3.02. The smallest absolute Gasteiger partial charge is 0.225 e. The fourth-order valence-electron chi connectivity index (χ4n) is 3.51. The summed E-state index contributed by atoms with van der Waals surface area (Å²) in [6, 6.07) is 3.99. The molecule has 3 aromatic rings. The number of nitrogens with one attached hydrogen (secondary N) is 2. The van der Waals surface area contributed by atoms with Crippen molar-refractivity contribution in [1.82, 2.24) is 25.3 Å². The zero-order valence-corrected chi connectivity index (χ0v) is 17.4. The van der Waals surface area contributed by atoms with Crippen LogP contribution in [-0.4, -0.2) is 32.4 Å². The van der Waals surface area contributed by atoms with Crippen molar-refractivity contribution >= 4 is 28.0 Å². The number of pyridine rings is 2. The van der Waals surface area contributed by atoms with Crippen molar-refractivity contribution < 1.29 is 4.79 Å². The van der Waals surface area contributed by atoms with E-state index in [2.05, 4.69) is 27.2 Å². The van der Waals surface area contributed by atoms with E-state index >= 15 is 0 Å². The van der Waals surface area contributed by atoms with Crippen molar-refractivity contribution in [3.8, 4) is 0 Å². The number of fused-ring (bicyclic) bond motifs is 3. The van der Waals surface area contributed by atoms with Gasteiger partial charge in [0.05, 0.1) is 16.7 Å². The van der Waals surface area contributed by atoms with Gasteiger partial charge in [0.15, 0.2) is 0 Å². The molecule has 0 aliphatic rings. The predicted octanol–water partition coefficient (Wildman–Crippen LogP) is 4.72. The van der Waals surface area contributed by atoms with Gasteiger partial charge in [0.25, 0.3) is 0 Å². The molecule has 0 saturated heterocycles. The average molecular weight is 382 g/mol. The molecule has 3 heterocycles. The first-order valence-corrected chi connectivity index (χ1v) is 10.3. The van der Waals surface area contributed by atoms with Crippen LogP contribution in [-0.2, 0) is 4.79 Å². The van der Waals surface area contributed by atoms with Gasteiger partial charge in [0.2, 0.25) is 5.91 Å². The predicted molar refractivity (Wildman–Crippen MR) is 113 cm³/mol. The van der Waals surface area contributed by atoms with E-state index in [1.807, 2.05) is 39.1 Å². The monoisotopic (exact) mass is 381 g/mol. The second-order valence-electron chi connectivity index (χ2n) is 8.46. The van der Waals surface area contributed by atoms with E-state index in [4.69, 9.17) is 4.98 Å². The molecule has 0 radical (unpaired) electrons. The minimum atomic E-state index is -0.321. The summed E-state index contributed by atoms with van der Waals surface area (Å²) in [5.74, 6) is 0.487. The first kappa shape index (κ1) is 20.2. The SMILES string of the molecule is CCC(CCCCCNC(=O)C(C)(C)C)c1nc2ccc[nH]c2c2ncnc12. The molecule has 0 aliphatic carbocycles. The van der Waals surface area contributed by atoms with Crippen LogP contribution >= 0.6 is 0 Å². The largest absolute Gasteiger partial charge is 0.358 e. The van der Waals surface area contributed by atoms with Crippen LogP contribution in [0.4, 0.5) is 0 Å². The highest BCUT2D eigenvalue weighted by molar-refractivity contribution is 6.00. The van der Waals surface area contributed by atoms with Gasteiger partial charge in [-0.05, 0) is 31.4 Å². The summed E-state index contributed by atoms with van der Waals surface area (Å²) in [5.41, 5.74) is 4.45. The van der Waals surface area contributed by atoms with Gasteiger partial charge in [0, 0.05) is 24.1 Å². The molecular weight excluding hydrogens is 350 g/mol. The second kappa shape index (κ2) is 8.67. The Morgan fingerprint density at radius 2 is 1.96 bits per heavy atom. The number of aromatic nitrogens is 4. The Morgan fingerprint density at radius 1 is 1.18 bits per heavy atom. The first-order chi connectivity index (χ1) is 13.4. The number of aromatic amines is 1. The lowest BCUT2D eigenvalue weighted by molar-refractivity contribution is -0.128. The molecule has 0 fully saturated rings. The maximum absolute atomic E-state index is 11.9. The van der Waals surface area contributed by atoms with Crippen LogP contribution in [0.25, 0.3) is 22.1 Å². The third kappa shape index (κ3) is 4.49. The Kier molecular flexibility index (Phi) is 6.27. The number of carbonyl (C=O) groups excluding carboxylic acids is 1. The van der Waals surface area contributed by atoms with Gasteiger partial charge >= 0.3 is 0 Å². The number of rotatable bonds is 8. The normalized spacial score (nSPS) is 13.1. The van der Waals surface area contributed by atoms with Gasteiger partial charge in [-0.25, -0.2) is 15.0 Å². The molecule has 0 aromatic carbocycles. The number of hydrogen-bond acceptors (Lipinski definition) is 4. The Morgan fingerprint density at radius 3 is 2.71 bits per heavy atom. The molecule has 1 atom stereocenters. The van der Waals surface area contributed by atoms with Crippen molar-refractivity contribution in [2.45, 2.75) is 65.7 Å². The number of unbranched alkanes of at least 4 members (excludes halogenated alkanes) is 2. The summed E-state index contributed by atoms with van der Waals surface area (Å²) in [7, 11) is 0. The van der Waals surface area contributed by atoms with Gasteiger partial charge in [-0.1, -0.05) is 40.5 Å². The molecule has 0 bridgehead atoms. The maximum Gasteiger partial charge on any atom is 0.225 e. The fraction of sp³-hybridized carbons (Fsp3) is 0.545. The summed E-state index contributed by atoms with van der Waals surface area (Å²) in [6.07, 6.45) is 8.83. The second-order valence-corrected chi connectivity index (χ2v) is 8.46. The van der Waals surface area contributed by atoms with Crippen LogP contribution < -0.4 is 5.32 Å². The zero-order chi connectivity index (χ0) is 20.1. The molecule has 0 saturated carbocycles. The van der Waals surface area contributed by atoms with Crippen molar-refractivity contribution in [2.75, 3.05) is 6.54 Å². The lowest BCUT2D eigenvalue weighted by atomic mass is 9.93. The first-order valence-electron chi connectivity index (χ1n) is 10.3. The van der Waals surface area contributed by atoms with Crippen LogP contribution in [0.15, 0.2) is 24.7 Å². The fourth-order valence-corrected chi connectivity index (χ4v) is 3.51. The highest BCUT2D eigenvalue weighted by atomic mass is 16.2. The number of imidazole rings is 1. The van der Waals surface area contributed by atoms with Crippen LogP contribution in [0.1, 0.15) is 71.4 Å². The summed E-state index contributed by atoms with van der Waals surface area (Å²) in [6.45, 7) is 8.77. The molecule has 1 amide bonds. The van der Waals surface area contributed by atoms with Crippen LogP contribution in [0, 0.1) is 5.41 Å². The Balaban J connectivity index is 1.61. The van der Waals surface area contributed by atoms with Crippen molar-refractivity contribution in [3.63, 3.8) is 0 Å². The van der Waals surface area contributed by atoms with Gasteiger partial charge in [-0.15, -0.1) is 0 Å². The average Bonchev–Trinajstić information content (AvgIpc) is 3.16. The standard InChI is InChI=1S/C22H31N5O/c1-5-15(10-7-6-8-12-24-21(28)22(2,3)4)17-19-20(26-14-25-19)18-16(27-17)11-9-13-23-18/h9,11,13-15,23H,5-8,10,12H2,1-4H3,(H,24,28). The van der Waals surface area contributed by atoms with E-state index in [0.29, 0.717) is 5.92 Å². The van der Waals surface area contributed by atoms with E-state index < -0.39 is 0 Å². The Labute approximate surface area is 166 Å². The molecule has 28 heavy (non-hydrogen) atoms.